The van der Waals surface area contributed by atoms with E-state index in [0.717, 1.165) is 31.5 Å². The molecule has 0 aliphatic carbocycles. The van der Waals surface area contributed by atoms with Crippen LogP contribution in [0.5, 0.6) is 0 Å². The zero-order valence-electron chi connectivity index (χ0n) is 14.3. The van der Waals surface area contributed by atoms with Crippen molar-refractivity contribution >= 4 is 6.09 Å². The van der Waals surface area contributed by atoms with E-state index in [1.165, 1.54) is 4.90 Å². The van der Waals surface area contributed by atoms with E-state index in [-0.39, 0.29) is 0 Å². The number of nitrogens with zero attached hydrogens (tertiary/aromatic N) is 5. The first-order valence-corrected chi connectivity index (χ1v) is 8.59. The maximum absolute atomic E-state index is 11.0. The molecule has 0 spiro atoms. The summed E-state index contributed by atoms with van der Waals surface area (Å²) in [6.45, 7) is 5.73. The summed E-state index contributed by atoms with van der Waals surface area (Å²) >= 11 is 0. The van der Waals surface area contributed by atoms with E-state index in [1.54, 1.807) is 12.4 Å². The lowest BCUT2D eigenvalue weighted by Gasteiger charge is -2.32. The average molecular weight is 345 g/mol. The summed E-state index contributed by atoms with van der Waals surface area (Å²) in [5.74, 6) is 1.66. The van der Waals surface area contributed by atoms with E-state index in [4.69, 9.17) is 9.63 Å². The predicted molar refractivity (Wildman–Crippen MR) is 90.8 cm³/mol. The van der Waals surface area contributed by atoms with Gasteiger partial charge in [-0.05, 0) is 37.4 Å². The molecule has 0 aromatic carbocycles. The molecular weight excluding hydrogens is 322 g/mol. The van der Waals surface area contributed by atoms with Gasteiger partial charge in [-0.1, -0.05) is 12.1 Å². The largest absolute Gasteiger partial charge is 0.465 e. The Hall–Kier alpha value is -2.48. The molecule has 1 amide bonds. The van der Waals surface area contributed by atoms with Crippen molar-refractivity contribution in [3.63, 3.8) is 0 Å². The van der Waals surface area contributed by atoms with E-state index in [2.05, 4.69) is 26.9 Å². The van der Waals surface area contributed by atoms with Crippen LogP contribution in [0.15, 0.2) is 29.0 Å². The number of hydrogen-bond acceptors (Lipinski definition) is 6. The lowest BCUT2D eigenvalue weighted by molar-refractivity contribution is 0.111. The van der Waals surface area contributed by atoms with Gasteiger partial charge >= 0.3 is 6.09 Å². The van der Waals surface area contributed by atoms with Crippen molar-refractivity contribution < 1.29 is 14.4 Å². The molecule has 3 rings (SSSR count). The number of hydrogen-bond donors (Lipinski definition) is 1. The summed E-state index contributed by atoms with van der Waals surface area (Å²) in [5.41, 5.74) is 0.883. The summed E-state index contributed by atoms with van der Waals surface area (Å²) < 4.78 is 5.38. The molecule has 1 N–H and O–H groups in total. The topological polar surface area (TPSA) is 95.6 Å². The first-order valence-electron chi connectivity index (χ1n) is 8.59. The Labute approximate surface area is 146 Å². The third-order valence-corrected chi connectivity index (χ3v) is 4.61. The van der Waals surface area contributed by atoms with Crippen LogP contribution in [0.4, 0.5) is 4.79 Å². The molecule has 8 heteroatoms. The molecule has 0 saturated carbocycles. The van der Waals surface area contributed by atoms with Gasteiger partial charge < -0.3 is 14.5 Å². The highest BCUT2D eigenvalue weighted by Gasteiger charge is 2.24. The molecule has 0 atom stereocenters. The fraction of sp³-hybridized carbons (Fsp3) is 0.529. The Morgan fingerprint density at radius 1 is 1.36 bits per heavy atom. The monoisotopic (exact) mass is 345 g/mol. The highest BCUT2D eigenvalue weighted by Crippen LogP contribution is 2.20. The highest BCUT2D eigenvalue weighted by atomic mass is 16.5. The lowest BCUT2D eigenvalue weighted by atomic mass is 9.96. The van der Waals surface area contributed by atoms with Crippen LogP contribution >= 0.6 is 0 Å². The van der Waals surface area contributed by atoms with Gasteiger partial charge in [0.15, 0.2) is 0 Å². The molecule has 1 saturated heterocycles. The van der Waals surface area contributed by atoms with Crippen LogP contribution in [0.25, 0.3) is 11.4 Å². The van der Waals surface area contributed by atoms with E-state index in [9.17, 15) is 4.79 Å². The number of likely N-dealkylation sites (tertiary alicyclic amines) is 1. The molecule has 3 heterocycles. The Balaban J connectivity index is 1.54. The first-order chi connectivity index (χ1) is 12.2. The second-order valence-corrected chi connectivity index (χ2v) is 6.29. The van der Waals surface area contributed by atoms with Gasteiger partial charge in [-0.25, -0.2) is 4.79 Å². The third-order valence-electron chi connectivity index (χ3n) is 4.61. The Morgan fingerprint density at radius 3 is 2.72 bits per heavy atom. The second-order valence-electron chi connectivity index (χ2n) is 6.29. The average Bonchev–Trinajstić information content (AvgIpc) is 3.11. The molecule has 2 aromatic heterocycles. The summed E-state index contributed by atoms with van der Waals surface area (Å²) in [5, 5.41) is 13.1. The highest BCUT2D eigenvalue weighted by molar-refractivity contribution is 5.64. The van der Waals surface area contributed by atoms with Crippen LogP contribution in [-0.2, 0) is 6.54 Å². The zero-order valence-corrected chi connectivity index (χ0v) is 14.3. The lowest BCUT2D eigenvalue weighted by Crippen LogP contribution is -2.40. The van der Waals surface area contributed by atoms with E-state index >= 15 is 0 Å². The van der Waals surface area contributed by atoms with Crippen molar-refractivity contribution in [1.29, 1.82) is 0 Å². The number of pyridine rings is 1. The van der Waals surface area contributed by atoms with Gasteiger partial charge in [-0.3, -0.25) is 9.88 Å². The summed E-state index contributed by atoms with van der Waals surface area (Å²) in [6, 6.07) is 3.70. The summed E-state index contributed by atoms with van der Waals surface area (Å²) in [6.07, 6.45) is 4.38. The molecule has 1 aliphatic rings. The normalized spacial score (nSPS) is 15.7. The quantitative estimate of drug-likeness (QED) is 0.858. The minimum atomic E-state index is -0.819. The third kappa shape index (κ3) is 4.54. The smallest absolute Gasteiger partial charge is 0.407 e. The minimum absolute atomic E-state index is 0.498. The molecule has 2 aromatic rings. The van der Waals surface area contributed by atoms with E-state index < -0.39 is 6.09 Å². The molecule has 8 nitrogen and oxygen atoms in total. The SMILES string of the molecule is CCN(Cc1nc(-c2ccncc2)no1)CC1CCN(C(=O)O)CC1. The summed E-state index contributed by atoms with van der Waals surface area (Å²) in [4.78, 5) is 23.2. The Bertz CT molecular complexity index is 683. The fourth-order valence-corrected chi connectivity index (χ4v) is 3.11. The van der Waals surface area contributed by atoms with E-state index in [0.29, 0.717) is 37.3 Å². The number of carboxylic acid groups (broad SMARTS) is 1. The molecule has 0 radical (unpaired) electrons. The van der Waals surface area contributed by atoms with Gasteiger partial charge in [-0.2, -0.15) is 4.98 Å². The number of carbonyl (C=O) groups is 1. The summed E-state index contributed by atoms with van der Waals surface area (Å²) in [7, 11) is 0. The molecule has 25 heavy (non-hydrogen) atoms. The van der Waals surface area contributed by atoms with Gasteiger partial charge in [0.1, 0.15) is 0 Å². The zero-order chi connectivity index (χ0) is 17.6. The van der Waals surface area contributed by atoms with Crippen molar-refractivity contribution in [2.45, 2.75) is 26.3 Å². The minimum Gasteiger partial charge on any atom is -0.465 e. The van der Waals surface area contributed by atoms with Crippen LogP contribution in [0.1, 0.15) is 25.7 Å². The van der Waals surface area contributed by atoms with Gasteiger partial charge in [-0.15, -0.1) is 0 Å². The van der Waals surface area contributed by atoms with Gasteiger partial charge in [0.25, 0.3) is 0 Å². The second kappa shape index (κ2) is 8.06. The number of rotatable bonds is 6. The van der Waals surface area contributed by atoms with Crippen LogP contribution < -0.4 is 0 Å². The van der Waals surface area contributed by atoms with Gasteiger partial charge in [0, 0.05) is 37.6 Å². The first kappa shape index (κ1) is 17.3. The standard InChI is InChI=1S/C17H23N5O3/c1-2-21(11-13-5-9-22(10-6-13)17(23)24)12-15-19-16(20-25-15)14-3-7-18-8-4-14/h3-4,7-8,13H,2,5-6,9-12H2,1H3,(H,23,24). The van der Waals surface area contributed by atoms with Gasteiger partial charge in [0.05, 0.1) is 6.54 Å². The molecule has 1 fully saturated rings. The maximum Gasteiger partial charge on any atom is 0.407 e. The van der Waals surface area contributed by atoms with Crippen molar-refractivity contribution in [1.82, 2.24) is 24.9 Å². The maximum atomic E-state index is 11.0. The van der Waals surface area contributed by atoms with Crippen LogP contribution in [0.3, 0.4) is 0 Å². The van der Waals surface area contributed by atoms with Crippen LogP contribution in [-0.4, -0.2) is 62.3 Å². The Kier molecular flexibility index (Phi) is 5.60. The van der Waals surface area contributed by atoms with Crippen molar-refractivity contribution in [2.75, 3.05) is 26.2 Å². The Morgan fingerprint density at radius 2 is 2.08 bits per heavy atom. The molecule has 134 valence electrons. The van der Waals surface area contributed by atoms with Crippen molar-refractivity contribution in [3.8, 4) is 11.4 Å². The van der Waals surface area contributed by atoms with Crippen molar-refractivity contribution in [3.05, 3.63) is 30.4 Å². The number of amides is 1. The molecule has 0 bridgehead atoms. The number of piperidine rings is 1. The molecular formula is C17H23N5O3. The van der Waals surface area contributed by atoms with Crippen LogP contribution in [0.2, 0.25) is 0 Å². The fourth-order valence-electron chi connectivity index (χ4n) is 3.11. The predicted octanol–water partition coefficient (Wildman–Crippen LogP) is 2.34. The number of aromatic nitrogens is 3. The van der Waals surface area contributed by atoms with Crippen LogP contribution in [0, 0.1) is 5.92 Å². The molecule has 0 unspecified atom stereocenters. The molecule has 1 aliphatic heterocycles. The van der Waals surface area contributed by atoms with Gasteiger partial charge in [0.2, 0.25) is 11.7 Å². The van der Waals surface area contributed by atoms with Crippen molar-refractivity contribution in [2.24, 2.45) is 5.92 Å². The van der Waals surface area contributed by atoms with E-state index in [1.807, 2.05) is 12.1 Å².